The molecule has 0 fully saturated rings. The van der Waals surface area contributed by atoms with Gasteiger partial charge < -0.3 is 5.73 Å². The van der Waals surface area contributed by atoms with Crippen molar-refractivity contribution in [1.82, 2.24) is 9.03 Å². The van der Waals surface area contributed by atoms with Crippen molar-refractivity contribution in [2.45, 2.75) is 26.4 Å². The first-order valence-corrected chi connectivity index (χ1v) is 6.83. The van der Waals surface area contributed by atoms with Crippen molar-refractivity contribution >= 4 is 15.9 Å². The molecule has 0 saturated carbocycles. The zero-order chi connectivity index (χ0) is 13.1. The van der Waals surface area contributed by atoms with Gasteiger partial charge in [-0.05, 0) is 31.5 Å². The number of hydrogen-bond acceptors (Lipinski definition) is 3. The minimum atomic E-state index is -3.42. The minimum absolute atomic E-state index is 0.117. The first-order chi connectivity index (χ1) is 7.81. The summed E-state index contributed by atoms with van der Waals surface area (Å²) in [6, 6.07) is 7.03. The molecule has 3 N–H and O–H groups in total. The Labute approximate surface area is 103 Å². The molecule has 0 bridgehead atoms. The predicted molar refractivity (Wildman–Crippen MR) is 69.5 cm³/mol. The zero-order valence-corrected chi connectivity index (χ0v) is 11.2. The second-order valence-electron chi connectivity index (χ2n) is 4.28. The zero-order valence-electron chi connectivity index (χ0n) is 10.3. The number of anilines is 1. The van der Waals surface area contributed by atoms with Gasteiger partial charge in [0.2, 0.25) is 0 Å². The molecule has 0 radical (unpaired) electrons. The molecule has 17 heavy (non-hydrogen) atoms. The van der Waals surface area contributed by atoms with E-state index in [-0.39, 0.29) is 6.04 Å². The van der Waals surface area contributed by atoms with Gasteiger partial charge in [-0.3, -0.25) is 0 Å². The minimum Gasteiger partial charge on any atom is -0.399 e. The van der Waals surface area contributed by atoms with E-state index in [1.54, 1.807) is 33.0 Å². The van der Waals surface area contributed by atoms with Crippen LogP contribution in [-0.4, -0.2) is 25.8 Å². The summed E-state index contributed by atoms with van der Waals surface area (Å²) in [5.74, 6) is 0. The summed E-state index contributed by atoms with van der Waals surface area (Å²) >= 11 is 0. The second kappa shape index (κ2) is 5.48. The summed E-state index contributed by atoms with van der Waals surface area (Å²) in [5.41, 5.74) is 7.13. The van der Waals surface area contributed by atoms with Crippen molar-refractivity contribution in [2.24, 2.45) is 0 Å². The summed E-state index contributed by atoms with van der Waals surface area (Å²) in [7, 11) is -1.87. The van der Waals surface area contributed by atoms with E-state index in [0.29, 0.717) is 12.2 Å². The average molecular weight is 257 g/mol. The maximum absolute atomic E-state index is 11.8. The molecule has 0 aliphatic heterocycles. The lowest BCUT2D eigenvalue weighted by Crippen LogP contribution is -2.41. The van der Waals surface area contributed by atoms with Crippen molar-refractivity contribution in [3.8, 4) is 0 Å². The molecule has 1 aromatic carbocycles. The standard InChI is InChI=1S/C11H19N3O2S/c1-9(2)13-17(15,16)14(3)8-10-4-6-11(12)7-5-10/h4-7,9,13H,8,12H2,1-3H3. The van der Waals surface area contributed by atoms with E-state index in [9.17, 15) is 8.42 Å². The number of benzene rings is 1. The predicted octanol–water partition coefficient (Wildman–Crippen LogP) is 0.943. The molecule has 0 atom stereocenters. The third-order valence-electron chi connectivity index (χ3n) is 2.18. The van der Waals surface area contributed by atoms with Crippen LogP contribution in [-0.2, 0) is 16.8 Å². The molecule has 0 aliphatic rings. The molecule has 1 rings (SSSR count). The lowest BCUT2D eigenvalue weighted by Gasteiger charge is -2.19. The fourth-order valence-corrected chi connectivity index (χ4v) is 2.45. The van der Waals surface area contributed by atoms with Crippen LogP contribution in [0.1, 0.15) is 19.4 Å². The number of nitrogens with one attached hydrogen (secondary N) is 1. The summed E-state index contributed by atoms with van der Waals surface area (Å²) in [4.78, 5) is 0. The maximum Gasteiger partial charge on any atom is 0.279 e. The summed E-state index contributed by atoms with van der Waals surface area (Å²) in [5, 5.41) is 0. The molecule has 0 aliphatic carbocycles. The van der Waals surface area contributed by atoms with Gasteiger partial charge >= 0.3 is 0 Å². The quantitative estimate of drug-likeness (QED) is 0.771. The Morgan fingerprint density at radius 1 is 1.29 bits per heavy atom. The fourth-order valence-electron chi connectivity index (χ4n) is 1.35. The van der Waals surface area contributed by atoms with Crippen molar-refractivity contribution in [3.05, 3.63) is 29.8 Å². The van der Waals surface area contributed by atoms with Crippen LogP contribution < -0.4 is 10.5 Å². The lowest BCUT2D eigenvalue weighted by molar-refractivity contribution is 0.449. The molecule has 0 saturated heterocycles. The van der Waals surface area contributed by atoms with Crippen LogP contribution in [0.2, 0.25) is 0 Å². The Balaban J connectivity index is 2.72. The Bertz CT molecular complexity index is 454. The van der Waals surface area contributed by atoms with E-state index in [1.807, 2.05) is 12.1 Å². The fraction of sp³-hybridized carbons (Fsp3) is 0.455. The highest BCUT2D eigenvalue weighted by Gasteiger charge is 2.18. The van der Waals surface area contributed by atoms with Crippen LogP contribution in [0.4, 0.5) is 5.69 Å². The van der Waals surface area contributed by atoms with Gasteiger partial charge in [-0.15, -0.1) is 0 Å². The van der Waals surface area contributed by atoms with Crippen LogP contribution in [0.15, 0.2) is 24.3 Å². The first kappa shape index (κ1) is 14.0. The van der Waals surface area contributed by atoms with Crippen LogP contribution in [0.25, 0.3) is 0 Å². The Morgan fingerprint density at radius 2 is 1.82 bits per heavy atom. The van der Waals surface area contributed by atoms with E-state index in [2.05, 4.69) is 4.72 Å². The number of nitrogen functional groups attached to an aromatic ring is 1. The smallest absolute Gasteiger partial charge is 0.279 e. The number of nitrogens with two attached hydrogens (primary N) is 1. The second-order valence-corrected chi connectivity index (χ2v) is 6.08. The van der Waals surface area contributed by atoms with Gasteiger partial charge in [0.15, 0.2) is 0 Å². The van der Waals surface area contributed by atoms with Crippen molar-refractivity contribution < 1.29 is 8.42 Å². The van der Waals surface area contributed by atoms with E-state index in [4.69, 9.17) is 5.73 Å². The molecule has 5 nitrogen and oxygen atoms in total. The van der Waals surface area contributed by atoms with Crippen molar-refractivity contribution in [3.63, 3.8) is 0 Å². The van der Waals surface area contributed by atoms with Crippen LogP contribution >= 0.6 is 0 Å². The van der Waals surface area contributed by atoms with Gasteiger partial charge in [0.25, 0.3) is 10.2 Å². The molecule has 0 aromatic heterocycles. The highest BCUT2D eigenvalue weighted by molar-refractivity contribution is 7.87. The molecule has 6 heteroatoms. The molecule has 1 aromatic rings. The molecule has 0 amide bonds. The van der Waals surface area contributed by atoms with Crippen molar-refractivity contribution in [2.75, 3.05) is 12.8 Å². The largest absolute Gasteiger partial charge is 0.399 e. The molecule has 96 valence electrons. The van der Waals surface area contributed by atoms with Crippen LogP contribution in [0, 0.1) is 0 Å². The lowest BCUT2D eigenvalue weighted by atomic mass is 10.2. The number of rotatable bonds is 5. The van der Waals surface area contributed by atoms with Gasteiger partial charge in [-0.25, -0.2) is 0 Å². The van der Waals surface area contributed by atoms with Crippen LogP contribution in [0.3, 0.4) is 0 Å². The molecule has 0 heterocycles. The van der Waals surface area contributed by atoms with E-state index in [0.717, 1.165) is 5.56 Å². The first-order valence-electron chi connectivity index (χ1n) is 5.39. The molecule has 0 spiro atoms. The number of hydrogen-bond donors (Lipinski definition) is 2. The average Bonchev–Trinajstić information content (AvgIpc) is 2.19. The maximum atomic E-state index is 11.8. The number of nitrogens with zero attached hydrogens (tertiary/aromatic N) is 1. The Kier molecular flexibility index (Phi) is 4.50. The molecular weight excluding hydrogens is 238 g/mol. The van der Waals surface area contributed by atoms with E-state index < -0.39 is 10.2 Å². The molecule has 0 unspecified atom stereocenters. The van der Waals surface area contributed by atoms with Crippen molar-refractivity contribution in [1.29, 1.82) is 0 Å². The Hall–Kier alpha value is -1.11. The van der Waals surface area contributed by atoms with E-state index >= 15 is 0 Å². The van der Waals surface area contributed by atoms with Crippen LogP contribution in [0.5, 0.6) is 0 Å². The normalized spacial score (nSPS) is 12.3. The Morgan fingerprint density at radius 3 is 2.29 bits per heavy atom. The monoisotopic (exact) mass is 257 g/mol. The van der Waals surface area contributed by atoms with Gasteiger partial charge in [-0.2, -0.15) is 17.4 Å². The third-order valence-corrected chi connectivity index (χ3v) is 3.90. The third kappa shape index (κ3) is 4.33. The van der Waals surface area contributed by atoms with E-state index in [1.165, 1.54) is 4.31 Å². The SMILES string of the molecule is CC(C)NS(=O)(=O)N(C)Cc1ccc(N)cc1. The van der Waals surface area contributed by atoms with Gasteiger partial charge in [0.1, 0.15) is 0 Å². The summed E-state index contributed by atoms with van der Waals surface area (Å²) < 4.78 is 27.4. The summed E-state index contributed by atoms with van der Waals surface area (Å²) in [6.07, 6.45) is 0. The van der Waals surface area contributed by atoms with Gasteiger partial charge in [-0.1, -0.05) is 12.1 Å². The van der Waals surface area contributed by atoms with Gasteiger partial charge in [0.05, 0.1) is 0 Å². The molecular formula is C11H19N3O2S. The highest BCUT2D eigenvalue weighted by Crippen LogP contribution is 2.09. The topological polar surface area (TPSA) is 75.4 Å². The summed E-state index contributed by atoms with van der Waals surface area (Å²) in [6.45, 7) is 3.89. The van der Waals surface area contributed by atoms with Gasteiger partial charge in [0, 0.05) is 25.3 Å². The highest BCUT2D eigenvalue weighted by atomic mass is 32.2.